The summed E-state index contributed by atoms with van der Waals surface area (Å²) in [6.07, 6.45) is 1.80. The SMILES string of the molecule is Cc1c(Cl)cccc1OCC(=O)NCCCCN.Cl. The Morgan fingerprint density at radius 1 is 1.42 bits per heavy atom. The van der Waals surface area contributed by atoms with Gasteiger partial charge in [0.1, 0.15) is 5.75 Å². The third-order valence-electron chi connectivity index (χ3n) is 2.53. The van der Waals surface area contributed by atoms with Gasteiger partial charge in [0.15, 0.2) is 6.61 Å². The molecule has 0 aliphatic heterocycles. The fourth-order valence-corrected chi connectivity index (χ4v) is 1.60. The third-order valence-corrected chi connectivity index (χ3v) is 2.94. The fraction of sp³-hybridized carbons (Fsp3) is 0.462. The van der Waals surface area contributed by atoms with Crippen LogP contribution in [0.25, 0.3) is 0 Å². The lowest BCUT2D eigenvalue weighted by Gasteiger charge is -2.10. The van der Waals surface area contributed by atoms with Gasteiger partial charge in [-0.3, -0.25) is 4.79 Å². The first-order valence-corrected chi connectivity index (χ1v) is 6.37. The van der Waals surface area contributed by atoms with Crippen LogP contribution >= 0.6 is 24.0 Å². The summed E-state index contributed by atoms with van der Waals surface area (Å²) in [4.78, 5) is 11.5. The highest BCUT2D eigenvalue weighted by atomic mass is 35.5. The summed E-state index contributed by atoms with van der Waals surface area (Å²) in [6.45, 7) is 3.14. The maximum absolute atomic E-state index is 11.5. The topological polar surface area (TPSA) is 64.3 Å². The van der Waals surface area contributed by atoms with Crippen LogP contribution in [0.4, 0.5) is 0 Å². The third kappa shape index (κ3) is 6.66. The molecule has 0 saturated carbocycles. The summed E-state index contributed by atoms with van der Waals surface area (Å²) in [6, 6.07) is 5.38. The number of nitrogens with two attached hydrogens (primary N) is 1. The molecule has 0 heterocycles. The van der Waals surface area contributed by atoms with Gasteiger partial charge in [-0.25, -0.2) is 0 Å². The molecule has 19 heavy (non-hydrogen) atoms. The summed E-state index contributed by atoms with van der Waals surface area (Å²) in [5.74, 6) is 0.506. The van der Waals surface area contributed by atoms with Crippen LogP contribution in [0.2, 0.25) is 5.02 Å². The monoisotopic (exact) mass is 306 g/mol. The highest BCUT2D eigenvalue weighted by Gasteiger charge is 2.06. The Bertz CT molecular complexity index is 400. The van der Waals surface area contributed by atoms with E-state index in [9.17, 15) is 4.79 Å². The Balaban J connectivity index is 0.00000324. The molecule has 1 aromatic carbocycles. The lowest BCUT2D eigenvalue weighted by Crippen LogP contribution is -2.30. The number of ether oxygens (including phenoxy) is 1. The molecule has 0 spiro atoms. The molecule has 108 valence electrons. The molecule has 0 atom stereocenters. The van der Waals surface area contributed by atoms with Crippen LogP contribution in [0.1, 0.15) is 18.4 Å². The largest absolute Gasteiger partial charge is 0.483 e. The first-order chi connectivity index (χ1) is 8.65. The van der Waals surface area contributed by atoms with Crippen molar-refractivity contribution < 1.29 is 9.53 Å². The van der Waals surface area contributed by atoms with Crippen LogP contribution in [-0.2, 0) is 4.79 Å². The molecule has 4 nitrogen and oxygen atoms in total. The molecular weight excluding hydrogens is 287 g/mol. The van der Waals surface area contributed by atoms with Gasteiger partial charge in [0.2, 0.25) is 0 Å². The molecule has 0 aromatic heterocycles. The average Bonchev–Trinajstić information content (AvgIpc) is 2.36. The predicted molar refractivity (Wildman–Crippen MR) is 80.2 cm³/mol. The first kappa shape index (κ1) is 18.0. The Kier molecular flexibility index (Phi) is 9.39. The van der Waals surface area contributed by atoms with Crippen molar-refractivity contribution in [3.8, 4) is 5.75 Å². The second-order valence-electron chi connectivity index (χ2n) is 4.00. The van der Waals surface area contributed by atoms with Gasteiger partial charge in [-0.15, -0.1) is 12.4 Å². The zero-order chi connectivity index (χ0) is 13.4. The summed E-state index contributed by atoms with van der Waals surface area (Å²) in [5.41, 5.74) is 6.20. The van der Waals surface area contributed by atoms with E-state index in [-0.39, 0.29) is 24.9 Å². The molecule has 0 aliphatic rings. The standard InChI is InChI=1S/C13H19ClN2O2.ClH/c1-10-11(14)5-4-6-12(10)18-9-13(17)16-8-3-2-7-15;/h4-6H,2-3,7-9,15H2,1H3,(H,16,17);1H. The van der Waals surface area contributed by atoms with Crippen LogP contribution in [0.3, 0.4) is 0 Å². The molecular formula is C13H20Cl2N2O2. The van der Waals surface area contributed by atoms with Crippen molar-refractivity contribution >= 4 is 29.9 Å². The van der Waals surface area contributed by atoms with Gasteiger partial charge in [0.05, 0.1) is 0 Å². The van der Waals surface area contributed by atoms with E-state index in [2.05, 4.69) is 5.32 Å². The summed E-state index contributed by atoms with van der Waals surface area (Å²) in [5, 5.41) is 3.40. The van der Waals surface area contributed by atoms with E-state index in [0.29, 0.717) is 23.9 Å². The van der Waals surface area contributed by atoms with Crippen LogP contribution in [0.15, 0.2) is 18.2 Å². The van der Waals surface area contributed by atoms with Crippen molar-refractivity contribution in [1.29, 1.82) is 0 Å². The van der Waals surface area contributed by atoms with E-state index >= 15 is 0 Å². The minimum absolute atomic E-state index is 0. The second kappa shape index (κ2) is 9.89. The van der Waals surface area contributed by atoms with Crippen LogP contribution in [-0.4, -0.2) is 25.6 Å². The van der Waals surface area contributed by atoms with Crippen molar-refractivity contribution in [2.24, 2.45) is 5.73 Å². The molecule has 0 aliphatic carbocycles. The van der Waals surface area contributed by atoms with Crippen molar-refractivity contribution in [2.45, 2.75) is 19.8 Å². The van der Waals surface area contributed by atoms with Crippen LogP contribution < -0.4 is 15.8 Å². The molecule has 1 aromatic rings. The number of nitrogens with one attached hydrogen (secondary N) is 1. The van der Waals surface area contributed by atoms with E-state index in [1.165, 1.54) is 0 Å². The summed E-state index contributed by atoms with van der Waals surface area (Å²) in [7, 11) is 0. The number of carbonyl (C=O) groups is 1. The molecule has 0 radical (unpaired) electrons. The Labute approximate surface area is 125 Å². The number of halogens is 2. The average molecular weight is 307 g/mol. The first-order valence-electron chi connectivity index (χ1n) is 6.00. The molecule has 1 amide bonds. The molecule has 0 fully saturated rings. The molecule has 1 rings (SSSR count). The van der Waals surface area contributed by atoms with Gasteiger partial charge < -0.3 is 15.8 Å². The van der Waals surface area contributed by atoms with E-state index in [4.69, 9.17) is 22.1 Å². The minimum atomic E-state index is -0.133. The van der Waals surface area contributed by atoms with E-state index in [0.717, 1.165) is 18.4 Å². The Hall–Kier alpha value is -0.970. The summed E-state index contributed by atoms with van der Waals surface area (Å²) >= 11 is 5.96. The van der Waals surface area contributed by atoms with Crippen LogP contribution in [0, 0.1) is 6.92 Å². The lowest BCUT2D eigenvalue weighted by atomic mass is 10.2. The fourth-order valence-electron chi connectivity index (χ4n) is 1.44. The number of rotatable bonds is 7. The normalized spacial score (nSPS) is 9.63. The van der Waals surface area contributed by atoms with Gasteiger partial charge in [0, 0.05) is 17.1 Å². The molecule has 0 bridgehead atoms. The molecule has 3 N–H and O–H groups in total. The highest BCUT2D eigenvalue weighted by Crippen LogP contribution is 2.24. The van der Waals surface area contributed by atoms with Crippen molar-refractivity contribution in [2.75, 3.05) is 19.7 Å². The smallest absolute Gasteiger partial charge is 0.257 e. The lowest BCUT2D eigenvalue weighted by molar-refractivity contribution is -0.123. The van der Waals surface area contributed by atoms with E-state index in [1.807, 2.05) is 6.92 Å². The van der Waals surface area contributed by atoms with E-state index < -0.39 is 0 Å². The van der Waals surface area contributed by atoms with Crippen molar-refractivity contribution in [1.82, 2.24) is 5.32 Å². The van der Waals surface area contributed by atoms with Crippen LogP contribution in [0.5, 0.6) is 5.75 Å². The second-order valence-corrected chi connectivity index (χ2v) is 4.40. The van der Waals surface area contributed by atoms with Gasteiger partial charge in [0.25, 0.3) is 5.91 Å². The number of benzene rings is 1. The maximum Gasteiger partial charge on any atom is 0.257 e. The van der Waals surface area contributed by atoms with Crippen molar-refractivity contribution in [3.05, 3.63) is 28.8 Å². The van der Waals surface area contributed by atoms with E-state index in [1.54, 1.807) is 18.2 Å². The molecule has 0 saturated heterocycles. The Morgan fingerprint density at radius 2 is 2.16 bits per heavy atom. The zero-order valence-corrected chi connectivity index (χ0v) is 12.5. The van der Waals surface area contributed by atoms with Gasteiger partial charge in [-0.2, -0.15) is 0 Å². The summed E-state index contributed by atoms with van der Waals surface area (Å²) < 4.78 is 5.42. The number of unbranched alkanes of at least 4 members (excludes halogenated alkanes) is 1. The number of hydrogen-bond donors (Lipinski definition) is 2. The number of carbonyl (C=O) groups excluding carboxylic acids is 1. The Morgan fingerprint density at radius 3 is 2.84 bits per heavy atom. The van der Waals surface area contributed by atoms with Crippen molar-refractivity contribution in [3.63, 3.8) is 0 Å². The minimum Gasteiger partial charge on any atom is -0.483 e. The zero-order valence-electron chi connectivity index (χ0n) is 10.9. The highest BCUT2D eigenvalue weighted by molar-refractivity contribution is 6.31. The van der Waals surface area contributed by atoms with Gasteiger partial charge in [-0.1, -0.05) is 17.7 Å². The maximum atomic E-state index is 11.5. The van der Waals surface area contributed by atoms with Gasteiger partial charge >= 0.3 is 0 Å². The number of hydrogen-bond acceptors (Lipinski definition) is 3. The quantitative estimate of drug-likeness (QED) is 0.760. The number of amides is 1. The molecule has 0 unspecified atom stereocenters. The molecule has 6 heteroatoms. The predicted octanol–water partition coefficient (Wildman–Crippen LogP) is 2.30. The van der Waals surface area contributed by atoms with Gasteiger partial charge in [-0.05, 0) is 38.4 Å².